The number of phenols is 1. The van der Waals surface area contributed by atoms with Crippen LogP contribution in [0, 0.1) is 17.8 Å². The first-order valence-electron chi connectivity index (χ1n) is 10.7. The molecule has 7 nitrogen and oxygen atoms in total. The molecule has 4 unspecified atom stereocenters. The average Bonchev–Trinajstić information content (AvgIpc) is 3.02. The predicted molar refractivity (Wildman–Crippen MR) is 121 cm³/mol. The number of amides is 2. The highest BCUT2D eigenvalue weighted by atomic mass is 79.9. The molecule has 5 rings (SSSR count). The normalized spacial score (nSPS) is 28.9. The van der Waals surface area contributed by atoms with Crippen LogP contribution in [0.25, 0.3) is 0 Å². The van der Waals surface area contributed by atoms with Crippen LogP contribution in [0.3, 0.4) is 0 Å². The number of methoxy groups -OCH3 is 1. The molecule has 4 atom stereocenters. The highest BCUT2D eigenvalue weighted by Gasteiger charge is 2.55. The summed E-state index contributed by atoms with van der Waals surface area (Å²) < 4.78 is 5.72. The summed E-state index contributed by atoms with van der Waals surface area (Å²) in [7, 11) is 2.93. The first-order chi connectivity index (χ1) is 15.6. The van der Waals surface area contributed by atoms with Crippen molar-refractivity contribution in [1.82, 2.24) is 4.90 Å². The number of ketones is 2. The number of Topliss-reactive ketones (excluding diaryl/α,β-unsaturated/α-hetero) is 1. The van der Waals surface area contributed by atoms with Crippen LogP contribution >= 0.6 is 15.9 Å². The van der Waals surface area contributed by atoms with Crippen LogP contribution in [0.4, 0.5) is 0 Å². The zero-order valence-electron chi connectivity index (χ0n) is 18.3. The number of phenolic OH excluding ortho intramolecular Hbond substituents is 1. The van der Waals surface area contributed by atoms with Crippen LogP contribution in [-0.4, -0.2) is 47.5 Å². The Morgan fingerprint density at radius 1 is 1.12 bits per heavy atom. The number of carbonyl (C=O) groups is 4. The zero-order valence-corrected chi connectivity index (χ0v) is 19.9. The van der Waals surface area contributed by atoms with Gasteiger partial charge in [0, 0.05) is 29.7 Å². The maximum Gasteiger partial charge on any atom is 0.233 e. The molecule has 33 heavy (non-hydrogen) atoms. The summed E-state index contributed by atoms with van der Waals surface area (Å²) in [4.78, 5) is 53.3. The molecule has 1 aromatic carbocycles. The number of allylic oxidation sites excluding steroid dienone is 6. The molecule has 1 saturated heterocycles. The SMILES string of the molecule is COc1cc(C2C3=CCC4C(=O)N(C)C(=O)C4C3CC3=C2C(=O)C=C(C)C3=O)cc(Br)c1O. The summed E-state index contributed by atoms with van der Waals surface area (Å²) in [5.74, 6) is -2.68. The molecule has 0 aromatic heterocycles. The van der Waals surface area contributed by atoms with Gasteiger partial charge in [-0.1, -0.05) is 11.6 Å². The number of hydrogen-bond acceptors (Lipinski definition) is 6. The van der Waals surface area contributed by atoms with Gasteiger partial charge in [0.2, 0.25) is 11.8 Å². The molecule has 170 valence electrons. The molecule has 1 aromatic rings. The molecule has 0 spiro atoms. The molecular formula is C25H22BrNO6. The van der Waals surface area contributed by atoms with Crippen molar-refractivity contribution in [1.29, 1.82) is 0 Å². The van der Waals surface area contributed by atoms with Crippen LogP contribution in [0.2, 0.25) is 0 Å². The number of imide groups is 1. The Morgan fingerprint density at radius 2 is 1.85 bits per heavy atom. The Morgan fingerprint density at radius 3 is 2.55 bits per heavy atom. The lowest BCUT2D eigenvalue weighted by Crippen LogP contribution is -2.39. The largest absolute Gasteiger partial charge is 0.503 e. The van der Waals surface area contributed by atoms with Crippen molar-refractivity contribution in [2.75, 3.05) is 14.2 Å². The molecule has 4 aliphatic rings. The standard InChI is InChI=1S/C25H22BrNO6/c1-10-6-17(28)21-15(22(10)29)9-14-12(4-5-13-20(14)25(32)27(2)24(13)31)19(21)11-7-16(26)23(30)18(8-11)33-3/h4,6-8,13-14,19-20,30H,5,9H2,1-3H3. The number of fused-ring (bicyclic) bond motifs is 3. The lowest BCUT2D eigenvalue weighted by Gasteiger charge is -2.42. The number of benzene rings is 1. The van der Waals surface area contributed by atoms with Gasteiger partial charge in [-0.05, 0) is 65.4 Å². The van der Waals surface area contributed by atoms with E-state index < -0.39 is 17.8 Å². The van der Waals surface area contributed by atoms with Gasteiger partial charge in [-0.2, -0.15) is 0 Å². The average molecular weight is 512 g/mol. The van der Waals surface area contributed by atoms with Crippen LogP contribution in [0.1, 0.15) is 31.2 Å². The summed E-state index contributed by atoms with van der Waals surface area (Å²) >= 11 is 3.35. The van der Waals surface area contributed by atoms with E-state index in [2.05, 4.69) is 15.9 Å². The minimum Gasteiger partial charge on any atom is -0.503 e. The van der Waals surface area contributed by atoms with Crippen LogP contribution < -0.4 is 4.74 Å². The molecule has 1 N–H and O–H groups in total. The summed E-state index contributed by atoms with van der Waals surface area (Å²) in [6.45, 7) is 1.62. The number of carbonyl (C=O) groups excluding carboxylic acids is 4. The minimum absolute atomic E-state index is 0.0690. The van der Waals surface area contributed by atoms with Gasteiger partial charge in [0.05, 0.1) is 23.4 Å². The number of nitrogens with zero attached hydrogens (tertiary/aromatic N) is 1. The highest BCUT2D eigenvalue weighted by Crippen LogP contribution is 2.55. The van der Waals surface area contributed by atoms with Gasteiger partial charge >= 0.3 is 0 Å². The Balaban J connectivity index is 1.74. The number of likely N-dealkylation sites (tertiary alicyclic amines) is 1. The lowest BCUT2D eigenvalue weighted by atomic mass is 9.59. The predicted octanol–water partition coefficient (Wildman–Crippen LogP) is 3.22. The number of aromatic hydroxyl groups is 1. The van der Waals surface area contributed by atoms with E-state index in [0.29, 0.717) is 33.2 Å². The van der Waals surface area contributed by atoms with Gasteiger partial charge in [0.1, 0.15) is 0 Å². The Bertz CT molecular complexity index is 1260. The van der Waals surface area contributed by atoms with Crippen molar-refractivity contribution in [3.05, 3.63) is 56.6 Å². The van der Waals surface area contributed by atoms with Crippen molar-refractivity contribution in [2.24, 2.45) is 17.8 Å². The second kappa shape index (κ2) is 7.52. The van der Waals surface area contributed by atoms with E-state index in [-0.39, 0.29) is 47.2 Å². The van der Waals surface area contributed by atoms with Gasteiger partial charge in [-0.25, -0.2) is 0 Å². The second-order valence-electron chi connectivity index (χ2n) is 9.02. The molecular weight excluding hydrogens is 490 g/mol. The number of halogens is 1. The Hall–Kier alpha value is -3.00. The van der Waals surface area contributed by atoms with Crippen molar-refractivity contribution in [3.8, 4) is 11.5 Å². The van der Waals surface area contributed by atoms with Crippen molar-refractivity contribution < 1.29 is 29.0 Å². The van der Waals surface area contributed by atoms with Crippen molar-refractivity contribution in [3.63, 3.8) is 0 Å². The topological polar surface area (TPSA) is 101 Å². The van der Waals surface area contributed by atoms with Crippen molar-refractivity contribution in [2.45, 2.75) is 25.7 Å². The maximum atomic E-state index is 13.2. The van der Waals surface area contributed by atoms with Crippen LogP contribution in [0.15, 0.2) is 51.0 Å². The van der Waals surface area contributed by atoms with Crippen LogP contribution in [-0.2, 0) is 19.2 Å². The number of hydrogen-bond donors (Lipinski definition) is 1. The van der Waals surface area contributed by atoms with E-state index in [0.717, 1.165) is 5.57 Å². The highest BCUT2D eigenvalue weighted by molar-refractivity contribution is 9.10. The molecule has 0 radical (unpaired) electrons. The van der Waals surface area contributed by atoms with E-state index in [1.807, 2.05) is 6.08 Å². The van der Waals surface area contributed by atoms with E-state index in [4.69, 9.17) is 4.74 Å². The molecule has 1 heterocycles. The summed E-state index contributed by atoms with van der Waals surface area (Å²) in [6, 6.07) is 3.36. The molecule has 1 aliphatic heterocycles. The zero-order chi connectivity index (χ0) is 23.8. The van der Waals surface area contributed by atoms with Gasteiger partial charge < -0.3 is 9.84 Å². The van der Waals surface area contributed by atoms with Gasteiger partial charge in [-0.15, -0.1) is 0 Å². The first-order valence-corrected chi connectivity index (χ1v) is 11.5. The molecule has 1 fully saturated rings. The quantitative estimate of drug-likeness (QED) is 0.371. The summed E-state index contributed by atoms with van der Waals surface area (Å²) in [5.41, 5.74) is 2.70. The molecule has 0 saturated carbocycles. The van der Waals surface area contributed by atoms with Crippen LogP contribution in [0.5, 0.6) is 11.5 Å². The third-order valence-corrected chi connectivity index (χ3v) is 7.99. The number of rotatable bonds is 2. The third kappa shape index (κ3) is 3.00. The third-order valence-electron chi connectivity index (χ3n) is 7.39. The number of ether oxygens (including phenoxy) is 1. The van der Waals surface area contributed by atoms with Gasteiger partial charge in [-0.3, -0.25) is 24.1 Å². The van der Waals surface area contributed by atoms with Gasteiger partial charge in [0.15, 0.2) is 23.1 Å². The van der Waals surface area contributed by atoms with Crippen molar-refractivity contribution >= 4 is 39.3 Å². The van der Waals surface area contributed by atoms with E-state index in [9.17, 15) is 24.3 Å². The van der Waals surface area contributed by atoms with E-state index in [1.54, 1.807) is 19.1 Å². The fourth-order valence-corrected chi connectivity index (χ4v) is 6.29. The molecule has 3 aliphatic carbocycles. The first kappa shape index (κ1) is 21.8. The molecule has 2 amide bonds. The van der Waals surface area contributed by atoms with E-state index in [1.165, 1.54) is 25.1 Å². The van der Waals surface area contributed by atoms with Gasteiger partial charge in [0.25, 0.3) is 0 Å². The van der Waals surface area contributed by atoms with E-state index >= 15 is 0 Å². The smallest absolute Gasteiger partial charge is 0.233 e. The fourth-order valence-electron chi connectivity index (χ4n) is 5.83. The minimum atomic E-state index is -0.583. The Labute approximate surface area is 198 Å². The maximum absolute atomic E-state index is 13.2. The molecule has 8 heteroatoms. The summed E-state index contributed by atoms with van der Waals surface area (Å²) in [6.07, 6.45) is 3.97. The second-order valence-corrected chi connectivity index (χ2v) is 9.87. The summed E-state index contributed by atoms with van der Waals surface area (Å²) in [5, 5.41) is 10.3. The monoisotopic (exact) mass is 511 g/mol. The Kier molecular flexibility index (Phi) is 4.97. The lowest BCUT2D eigenvalue weighted by molar-refractivity contribution is -0.138. The molecule has 0 bridgehead atoms. The fraction of sp³-hybridized carbons (Fsp3) is 0.360.